The first-order valence-corrected chi connectivity index (χ1v) is 13.4. The summed E-state index contributed by atoms with van der Waals surface area (Å²) in [7, 11) is 0. The van der Waals surface area contributed by atoms with Crippen LogP contribution in [0.15, 0.2) is 0 Å². The Bertz CT molecular complexity index is 343. The van der Waals surface area contributed by atoms with E-state index in [0.29, 0.717) is 0 Å². The molecule has 0 spiro atoms. The molecule has 0 aromatic rings. The van der Waals surface area contributed by atoms with Crippen LogP contribution >= 0.6 is 0 Å². The second-order valence-corrected chi connectivity index (χ2v) is 8.22. The third-order valence-corrected chi connectivity index (χ3v) is 0. The van der Waals surface area contributed by atoms with Gasteiger partial charge >= 0.3 is 145 Å². The third kappa shape index (κ3) is 774. The van der Waals surface area contributed by atoms with Gasteiger partial charge in [-0.05, 0) is 0 Å². The minimum absolute atomic E-state index is 0. The average molecular weight is 830 g/mol. The first-order valence-electron chi connectivity index (χ1n) is 2.00. The van der Waals surface area contributed by atoms with Crippen molar-refractivity contribution < 1.29 is 61.2 Å². The van der Waals surface area contributed by atoms with Gasteiger partial charge in [0.15, 0.2) is 0 Å². The molecule has 0 aliphatic rings. The predicted octanol–water partition coefficient (Wildman–Crippen LogP) is -9.37. The quantitative estimate of drug-likeness (QED) is 0.207. The van der Waals surface area contributed by atoms with Crippen molar-refractivity contribution in [3.8, 4) is 0 Å². The molecule has 0 aliphatic carbocycles. The topological polar surface area (TPSA) is 241 Å². The van der Waals surface area contributed by atoms with Gasteiger partial charge < -0.3 is 0 Å². The number of hydrogen-bond acceptors (Lipinski definition) is 12. The fourth-order valence-electron chi connectivity index (χ4n) is 0. The molecule has 0 bridgehead atoms. The van der Waals surface area contributed by atoms with E-state index >= 15 is 0 Å². The van der Waals surface area contributed by atoms with E-state index in [0.717, 1.165) is 0 Å². The summed E-state index contributed by atoms with van der Waals surface area (Å²) >= 11 is -18.1. The molecule has 2 radical (unpaired) electrons. The zero-order valence-corrected chi connectivity index (χ0v) is 19.6. The number of hydrogen-bond donors (Lipinski definition) is 0. The van der Waals surface area contributed by atoms with E-state index in [1.165, 1.54) is 0 Å². The first-order chi connectivity index (χ1) is 6.00. The summed E-state index contributed by atoms with van der Waals surface area (Å²) in [4.78, 5) is 0. The summed E-state index contributed by atoms with van der Waals surface area (Å²) in [6.45, 7) is 0. The second kappa shape index (κ2) is 13.5. The molecule has 0 fully saturated rings. The smallest absolute Gasteiger partial charge is 2.00 e. The van der Waals surface area contributed by atoms with Gasteiger partial charge in [0, 0.05) is 0 Å². The Morgan fingerprint density at radius 1 is 0.471 bits per heavy atom. The molecule has 0 atom stereocenters. The van der Waals surface area contributed by atoms with E-state index in [2.05, 4.69) is 0 Å². The zero-order valence-electron chi connectivity index (χ0n) is 7.12. The predicted molar refractivity (Wildman–Crippen MR) is 27.1 cm³/mol. The molecule has 17 heteroatoms. The van der Waals surface area contributed by atoms with Gasteiger partial charge in [0.1, 0.15) is 0 Å². The molecule has 0 amide bonds. The minimum Gasteiger partial charge on any atom is 2.00 e. The maximum Gasteiger partial charge on any atom is 4.00 e. The van der Waals surface area contributed by atoms with Gasteiger partial charge in [0.25, 0.3) is 0 Å². The van der Waals surface area contributed by atoms with Crippen molar-refractivity contribution in [3.05, 3.63) is 0 Å². The van der Waals surface area contributed by atoms with Gasteiger partial charge in [-0.1, -0.05) is 0 Å². The molecule has 0 aromatic carbocycles. The molecule has 0 saturated carbocycles. The molecule has 12 nitrogen and oxygen atoms in total. The van der Waals surface area contributed by atoms with Gasteiger partial charge in [-0.15, -0.1) is 0 Å². The van der Waals surface area contributed by atoms with Crippen LogP contribution < -0.4 is 20.8 Å². The van der Waals surface area contributed by atoms with Gasteiger partial charge in [-0.2, -0.15) is 0 Å². The maximum atomic E-state index is 8.63. The molecule has 0 rings (SSSR count). The Kier molecular flexibility index (Phi) is 25.3. The van der Waals surface area contributed by atoms with Crippen LogP contribution in [0.5, 0.6) is 0 Å². The van der Waals surface area contributed by atoms with Crippen LogP contribution in [0.2, 0.25) is 0 Å². The average Bonchev–Trinajstić information content (AvgIpc) is 1.41. The Morgan fingerprint density at radius 3 is 0.471 bits per heavy atom. The Hall–Kier alpha value is 2.57. The molecule has 98 valence electrons. The Labute approximate surface area is 143 Å². The summed E-state index contributed by atoms with van der Waals surface area (Å²) in [5, 5.41) is 0. The second-order valence-electron chi connectivity index (χ2n) is 1.22. The van der Waals surface area contributed by atoms with Gasteiger partial charge in [-0.25, -0.2) is 0 Å². The largest absolute Gasteiger partial charge is 4.00 e. The Balaban J connectivity index is -0.0000000400. The van der Waals surface area contributed by atoms with Crippen molar-refractivity contribution >= 4 is 84.2 Å². The third-order valence-electron chi connectivity index (χ3n) is 0. The van der Waals surface area contributed by atoms with Crippen LogP contribution in [0, 0.1) is 0 Å². The SMILES string of the molecule is O=[Te](=O)([O-])[O-].O=[Te](=O)([O-])[O-].O=[Te](=O)([O-])[O-].[Pb+2].[Ti+4]. The number of rotatable bonds is 0. The summed E-state index contributed by atoms with van der Waals surface area (Å²) in [5.74, 6) is 0. The van der Waals surface area contributed by atoms with Crippen LogP contribution in [0.25, 0.3) is 0 Å². The van der Waals surface area contributed by atoms with Crippen molar-refractivity contribution in [2.24, 2.45) is 0 Å². The van der Waals surface area contributed by atoms with Gasteiger partial charge in [-0.3, -0.25) is 0 Å². The van der Waals surface area contributed by atoms with E-state index < -0.39 is 56.9 Å². The van der Waals surface area contributed by atoms with Crippen LogP contribution in [0.1, 0.15) is 0 Å². The van der Waals surface area contributed by atoms with E-state index in [9.17, 15) is 0 Å². The van der Waals surface area contributed by atoms with Gasteiger partial charge in [0.2, 0.25) is 0 Å². The summed E-state index contributed by atoms with van der Waals surface area (Å²) in [6, 6.07) is 0. The fraction of sp³-hybridized carbons (Fsp3) is 0. The molecule has 0 N–H and O–H groups in total. The molecular formula is O12PbTe3Ti. The van der Waals surface area contributed by atoms with Crippen LogP contribution in [-0.2, 0) is 40.3 Å². The summed E-state index contributed by atoms with van der Waals surface area (Å²) in [5.41, 5.74) is 0. The van der Waals surface area contributed by atoms with E-state index in [4.69, 9.17) is 39.5 Å². The van der Waals surface area contributed by atoms with E-state index in [1.807, 2.05) is 0 Å². The van der Waals surface area contributed by atoms with Gasteiger partial charge in [0.05, 0.1) is 0 Å². The van der Waals surface area contributed by atoms with Crippen molar-refractivity contribution in [2.45, 2.75) is 0 Å². The summed E-state index contributed by atoms with van der Waals surface area (Å²) < 4.78 is 104. The molecule has 17 heavy (non-hydrogen) atoms. The molecule has 0 heterocycles. The van der Waals surface area contributed by atoms with Crippen molar-refractivity contribution in [3.63, 3.8) is 0 Å². The monoisotopic (exact) mass is 838 g/mol. The molecule has 0 aromatic heterocycles. The Morgan fingerprint density at radius 2 is 0.471 bits per heavy atom. The van der Waals surface area contributed by atoms with Crippen LogP contribution in [-0.4, -0.2) is 84.2 Å². The standard InChI is InChI=1S/3H2O4Te.Pb.Ti/c3*1-5(2,3)4;;/h3*(H2,1,2,3,4);;/q;;;+2;+4/p-6. The summed E-state index contributed by atoms with van der Waals surface area (Å²) in [6.07, 6.45) is 0. The normalized spacial score (nSPS) is 10.2. The van der Waals surface area contributed by atoms with Crippen molar-refractivity contribution in [1.82, 2.24) is 0 Å². The van der Waals surface area contributed by atoms with E-state index in [-0.39, 0.29) is 49.0 Å². The maximum absolute atomic E-state index is 8.63. The molecule has 0 saturated heterocycles. The zero-order chi connectivity index (χ0) is 13.5. The fourth-order valence-corrected chi connectivity index (χ4v) is 0. The minimum atomic E-state index is -6.02. The van der Waals surface area contributed by atoms with Crippen LogP contribution in [0.4, 0.5) is 0 Å². The van der Waals surface area contributed by atoms with Crippen LogP contribution in [0.3, 0.4) is 0 Å². The van der Waals surface area contributed by atoms with E-state index in [1.54, 1.807) is 0 Å². The molecule has 0 aliphatic heterocycles. The molecule has 0 unspecified atom stereocenters. The van der Waals surface area contributed by atoms with Crippen molar-refractivity contribution in [1.29, 1.82) is 0 Å². The first kappa shape index (κ1) is 31.8. The van der Waals surface area contributed by atoms with Crippen molar-refractivity contribution in [2.75, 3.05) is 0 Å². The molecular weight excluding hydrogens is 830 g/mol.